The summed E-state index contributed by atoms with van der Waals surface area (Å²) in [4.78, 5) is 8.02. The Morgan fingerprint density at radius 3 is 2.65 bits per heavy atom. The van der Waals surface area contributed by atoms with E-state index in [-0.39, 0.29) is 4.90 Å². The van der Waals surface area contributed by atoms with Crippen molar-refractivity contribution in [2.45, 2.75) is 11.8 Å². The highest BCUT2D eigenvalue weighted by Gasteiger charge is 2.16. The van der Waals surface area contributed by atoms with E-state index < -0.39 is 10.0 Å². The van der Waals surface area contributed by atoms with Crippen LogP contribution in [0.1, 0.15) is 6.92 Å². The van der Waals surface area contributed by atoms with Gasteiger partial charge in [-0.25, -0.2) is 13.4 Å². The Bertz CT molecular complexity index is 689. The highest BCUT2D eigenvalue weighted by molar-refractivity contribution is 9.10. The Morgan fingerprint density at radius 1 is 1.25 bits per heavy atom. The molecule has 0 aromatic carbocycles. The second-order valence-corrected chi connectivity index (χ2v) is 6.41. The molecule has 0 aliphatic heterocycles. The number of nitrogens with zero attached hydrogens (tertiary/aromatic N) is 2. The molecule has 0 radical (unpaired) electrons. The average Bonchev–Trinajstić information content (AvgIpc) is 2.42. The van der Waals surface area contributed by atoms with Crippen LogP contribution in [-0.2, 0) is 10.0 Å². The highest BCUT2D eigenvalue weighted by atomic mass is 79.9. The molecule has 2 aromatic rings. The van der Waals surface area contributed by atoms with E-state index in [9.17, 15) is 8.42 Å². The van der Waals surface area contributed by atoms with Gasteiger partial charge in [0.2, 0.25) is 0 Å². The molecule has 0 aliphatic rings. The van der Waals surface area contributed by atoms with Gasteiger partial charge in [-0.05, 0) is 41.1 Å². The van der Waals surface area contributed by atoms with Crippen molar-refractivity contribution in [2.24, 2.45) is 0 Å². The summed E-state index contributed by atoms with van der Waals surface area (Å²) >= 11 is 3.24. The van der Waals surface area contributed by atoms with Gasteiger partial charge in [-0.2, -0.15) is 0 Å². The first-order valence-electron chi connectivity index (χ1n) is 5.85. The average molecular weight is 357 g/mol. The fourth-order valence-electron chi connectivity index (χ4n) is 1.49. The van der Waals surface area contributed by atoms with Gasteiger partial charge < -0.3 is 5.32 Å². The van der Waals surface area contributed by atoms with Crippen molar-refractivity contribution in [1.29, 1.82) is 0 Å². The Labute approximate surface area is 125 Å². The van der Waals surface area contributed by atoms with Gasteiger partial charge in [-0.15, -0.1) is 0 Å². The van der Waals surface area contributed by atoms with Crippen LogP contribution in [0.5, 0.6) is 0 Å². The first kappa shape index (κ1) is 14.7. The van der Waals surface area contributed by atoms with Crippen LogP contribution < -0.4 is 10.0 Å². The fraction of sp³-hybridized carbons (Fsp3) is 0.167. The first-order valence-corrected chi connectivity index (χ1v) is 8.13. The van der Waals surface area contributed by atoms with Crippen molar-refractivity contribution in [3.05, 3.63) is 41.3 Å². The number of halogens is 1. The SMILES string of the molecule is CCNc1ccc(S(=O)(=O)Nc2ccncc2Br)cn1. The number of anilines is 2. The molecule has 8 heteroatoms. The van der Waals surface area contributed by atoms with Crippen molar-refractivity contribution in [3.8, 4) is 0 Å². The van der Waals surface area contributed by atoms with Gasteiger partial charge in [0, 0.05) is 25.1 Å². The van der Waals surface area contributed by atoms with Crippen LogP contribution in [0.2, 0.25) is 0 Å². The zero-order valence-electron chi connectivity index (χ0n) is 10.7. The third kappa shape index (κ3) is 3.45. The van der Waals surface area contributed by atoms with Crippen molar-refractivity contribution < 1.29 is 8.42 Å². The molecular formula is C12H13BrN4O2S. The minimum Gasteiger partial charge on any atom is -0.370 e. The summed E-state index contributed by atoms with van der Waals surface area (Å²) in [5, 5.41) is 3.00. The maximum Gasteiger partial charge on any atom is 0.263 e. The van der Waals surface area contributed by atoms with Crippen LogP contribution in [0.15, 0.2) is 46.2 Å². The molecule has 0 unspecified atom stereocenters. The van der Waals surface area contributed by atoms with Crippen molar-refractivity contribution >= 4 is 37.5 Å². The first-order chi connectivity index (χ1) is 9.53. The van der Waals surface area contributed by atoms with Crippen LogP contribution in [0.4, 0.5) is 11.5 Å². The predicted molar refractivity (Wildman–Crippen MR) is 81.1 cm³/mol. The standard InChI is InChI=1S/C12H13BrN4O2S/c1-2-15-12-4-3-9(7-16-12)20(18,19)17-11-5-6-14-8-10(11)13/h3-8H,2H2,1H3,(H,14,17)(H,15,16). The number of pyridine rings is 2. The summed E-state index contributed by atoms with van der Waals surface area (Å²) in [5.41, 5.74) is 0.427. The fourth-order valence-corrected chi connectivity index (χ4v) is 2.99. The number of nitrogens with one attached hydrogen (secondary N) is 2. The molecule has 2 N–H and O–H groups in total. The van der Waals surface area contributed by atoms with Crippen molar-refractivity contribution in [1.82, 2.24) is 9.97 Å². The second-order valence-electron chi connectivity index (χ2n) is 3.87. The van der Waals surface area contributed by atoms with E-state index >= 15 is 0 Å². The second kappa shape index (κ2) is 6.19. The molecule has 106 valence electrons. The molecular weight excluding hydrogens is 344 g/mol. The van der Waals surface area contributed by atoms with Gasteiger partial charge in [0.05, 0.1) is 10.2 Å². The summed E-state index contributed by atoms with van der Waals surface area (Å²) in [6, 6.07) is 4.70. The van der Waals surface area contributed by atoms with E-state index in [2.05, 4.69) is 35.9 Å². The molecule has 20 heavy (non-hydrogen) atoms. The smallest absolute Gasteiger partial charge is 0.263 e. The number of sulfonamides is 1. The molecule has 2 heterocycles. The maximum absolute atomic E-state index is 12.2. The third-order valence-electron chi connectivity index (χ3n) is 2.42. The van der Waals surface area contributed by atoms with E-state index in [1.807, 2.05) is 6.92 Å². The van der Waals surface area contributed by atoms with Crippen molar-refractivity contribution in [3.63, 3.8) is 0 Å². The topological polar surface area (TPSA) is 84.0 Å². The third-order valence-corrected chi connectivity index (χ3v) is 4.40. The van der Waals surface area contributed by atoms with E-state index in [1.165, 1.54) is 24.7 Å². The molecule has 0 saturated carbocycles. The zero-order valence-corrected chi connectivity index (χ0v) is 13.1. The normalized spacial score (nSPS) is 11.1. The lowest BCUT2D eigenvalue weighted by molar-refractivity contribution is 0.601. The lowest BCUT2D eigenvalue weighted by Gasteiger charge is -2.09. The summed E-state index contributed by atoms with van der Waals surface area (Å²) in [5.74, 6) is 0.636. The van der Waals surface area contributed by atoms with Crippen molar-refractivity contribution in [2.75, 3.05) is 16.6 Å². The summed E-state index contributed by atoms with van der Waals surface area (Å²) in [7, 11) is -3.67. The van der Waals surface area contributed by atoms with Crippen LogP contribution in [0, 0.1) is 0 Å². The van der Waals surface area contributed by atoms with E-state index in [0.717, 1.165) is 6.54 Å². The Morgan fingerprint density at radius 2 is 2.05 bits per heavy atom. The number of aromatic nitrogens is 2. The molecule has 0 atom stereocenters. The summed E-state index contributed by atoms with van der Waals surface area (Å²) < 4.78 is 27.5. The van der Waals surface area contributed by atoms with Crippen LogP contribution in [0.25, 0.3) is 0 Å². The molecule has 2 rings (SSSR count). The molecule has 0 bridgehead atoms. The molecule has 0 saturated heterocycles. The van der Waals surface area contributed by atoms with Gasteiger partial charge in [-0.3, -0.25) is 9.71 Å². The minimum atomic E-state index is -3.67. The van der Waals surface area contributed by atoms with Gasteiger partial charge in [0.1, 0.15) is 10.7 Å². The molecule has 0 fully saturated rings. The minimum absolute atomic E-state index is 0.0999. The molecule has 0 spiro atoms. The number of hydrogen-bond donors (Lipinski definition) is 2. The largest absolute Gasteiger partial charge is 0.370 e. The Hall–Kier alpha value is -1.67. The quantitative estimate of drug-likeness (QED) is 0.859. The van der Waals surface area contributed by atoms with E-state index in [0.29, 0.717) is 16.0 Å². The van der Waals surface area contributed by atoms with Gasteiger partial charge in [0.15, 0.2) is 0 Å². The molecule has 0 aliphatic carbocycles. The molecule has 0 amide bonds. The van der Waals surface area contributed by atoms with Crippen LogP contribution >= 0.6 is 15.9 Å². The monoisotopic (exact) mass is 356 g/mol. The van der Waals surface area contributed by atoms with Crippen LogP contribution in [-0.4, -0.2) is 24.9 Å². The van der Waals surface area contributed by atoms with Gasteiger partial charge in [-0.1, -0.05) is 0 Å². The molecule has 6 nitrogen and oxygen atoms in total. The summed E-state index contributed by atoms with van der Waals surface area (Å²) in [6.45, 7) is 2.66. The highest BCUT2D eigenvalue weighted by Crippen LogP contribution is 2.23. The summed E-state index contributed by atoms with van der Waals surface area (Å²) in [6.07, 6.45) is 4.34. The van der Waals surface area contributed by atoms with Gasteiger partial charge >= 0.3 is 0 Å². The Balaban J connectivity index is 2.24. The number of hydrogen-bond acceptors (Lipinski definition) is 5. The maximum atomic E-state index is 12.2. The Kier molecular flexibility index (Phi) is 4.56. The van der Waals surface area contributed by atoms with Gasteiger partial charge in [0.25, 0.3) is 10.0 Å². The zero-order chi connectivity index (χ0) is 14.6. The molecule has 2 aromatic heterocycles. The number of rotatable bonds is 5. The predicted octanol–water partition coefficient (Wildman–Crippen LogP) is 2.47. The van der Waals surface area contributed by atoms with E-state index in [4.69, 9.17) is 0 Å². The van der Waals surface area contributed by atoms with Crippen LogP contribution in [0.3, 0.4) is 0 Å². The lowest BCUT2D eigenvalue weighted by atomic mass is 10.4. The lowest BCUT2D eigenvalue weighted by Crippen LogP contribution is -2.14. The van der Waals surface area contributed by atoms with E-state index in [1.54, 1.807) is 12.1 Å².